The molecule has 0 aliphatic carbocycles. The van der Waals surface area contributed by atoms with Crippen molar-refractivity contribution in [2.24, 2.45) is 0 Å². The van der Waals surface area contributed by atoms with Gasteiger partial charge in [0.15, 0.2) is 5.01 Å². The second-order valence-electron chi connectivity index (χ2n) is 5.03. The molecular formula is C15H20FN3OS. The average molecular weight is 309 g/mol. The van der Waals surface area contributed by atoms with Crippen LogP contribution in [0.2, 0.25) is 0 Å². The average Bonchev–Trinajstić information content (AvgIpc) is 2.91. The monoisotopic (exact) mass is 309 g/mol. The van der Waals surface area contributed by atoms with Crippen molar-refractivity contribution in [2.75, 3.05) is 13.7 Å². The number of benzene rings is 1. The summed E-state index contributed by atoms with van der Waals surface area (Å²) in [5.41, 5.74) is 0.393. The Morgan fingerprint density at radius 2 is 2.14 bits per heavy atom. The fourth-order valence-corrected chi connectivity index (χ4v) is 2.90. The Bertz CT molecular complexity index is 586. The van der Waals surface area contributed by atoms with E-state index >= 15 is 0 Å². The minimum Gasteiger partial charge on any atom is -0.496 e. The Kier molecular flexibility index (Phi) is 5.64. The second-order valence-corrected chi connectivity index (χ2v) is 6.09. The molecule has 0 bridgehead atoms. The molecule has 0 unspecified atom stereocenters. The number of ether oxygens (including phenoxy) is 1. The Labute approximate surface area is 128 Å². The Balaban J connectivity index is 2.06. The molecule has 6 heteroatoms. The molecule has 4 nitrogen and oxygen atoms in total. The van der Waals surface area contributed by atoms with Gasteiger partial charge in [-0.2, -0.15) is 0 Å². The summed E-state index contributed by atoms with van der Waals surface area (Å²) in [4.78, 5) is 0. The predicted molar refractivity (Wildman–Crippen MR) is 83.3 cm³/mol. The first kappa shape index (κ1) is 15.9. The number of methoxy groups -OCH3 is 1. The molecule has 0 aliphatic rings. The molecule has 0 aliphatic heterocycles. The van der Waals surface area contributed by atoms with Crippen LogP contribution in [0.5, 0.6) is 5.75 Å². The Hall–Kier alpha value is -1.53. The molecule has 2 aromatic rings. The van der Waals surface area contributed by atoms with Crippen LogP contribution in [0.3, 0.4) is 0 Å². The summed E-state index contributed by atoms with van der Waals surface area (Å²) in [5, 5.41) is 13.1. The van der Waals surface area contributed by atoms with Gasteiger partial charge in [-0.15, -0.1) is 10.2 Å². The normalized spacial score (nSPS) is 11.1. The minimum atomic E-state index is -0.335. The van der Waals surface area contributed by atoms with Gasteiger partial charge in [0.25, 0.3) is 0 Å². The number of nitrogens with one attached hydrogen (secondary N) is 1. The highest BCUT2D eigenvalue weighted by Gasteiger charge is 2.16. The van der Waals surface area contributed by atoms with Gasteiger partial charge in [-0.25, -0.2) is 4.39 Å². The molecule has 0 fully saturated rings. The molecule has 2 rings (SSSR count). The van der Waals surface area contributed by atoms with E-state index in [-0.39, 0.29) is 5.82 Å². The topological polar surface area (TPSA) is 47.0 Å². The number of hydrogen-bond acceptors (Lipinski definition) is 5. The largest absolute Gasteiger partial charge is 0.496 e. The van der Waals surface area contributed by atoms with Crippen LogP contribution in [0.25, 0.3) is 10.6 Å². The lowest BCUT2D eigenvalue weighted by atomic mass is 10.2. The number of hydrogen-bond donors (Lipinski definition) is 1. The van der Waals surface area contributed by atoms with Crippen LogP contribution in [-0.2, 0) is 6.42 Å². The van der Waals surface area contributed by atoms with Crippen molar-refractivity contribution in [3.8, 4) is 16.3 Å². The third-order valence-electron chi connectivity index (χ3n) is 3.00. The van der Waals surface area contributed by atoms with E-state index in [1.54, 1.807) is 12.1 Å². The number of nitrogens with zero attached hydrogens (tertiary/aromatic N) is 2. The second kappa shape index (κ2) is 7.47. The third kappa shape index (κ3) is 4.22. The highest BCUT2D eigenvalue weighted by atomic mass is 32.1. The molecular weight excluding hydrogens is 289 g/mol. The molecule has 1 aromatic carbocycles. The zero-order valence-corrected chi connectivity index (χ0v) is 13.3. The van der Waals surface area contributed by atoms with Crippen molar-refractivity contribution in [1.29, 1.82) is 0 Å². The molecule has 0 radical (unpaired) electrons. The van der Waals surface area contributed by atoms with E-state index in [0.717, 1.165) is 24.4 Å². The number of halogens is 1. The molecule has 0 saturated carbocycles. The molecule has 1 N–H and O–H groups in total. The summed E-state index contributed by atoms with van der Waals surface area (Å²) in [6.07, 6.45) is 1.83. The van der Waals surface area contributed by atoms with Gasteiger partial charge in [0.1, 0.15) is 16.6 Å². The summed E-state index contributed by atoms with van der Waals surface area (Å²) in [6.45, 7) is 5.18. The van der Waals surface area contributed by atoms with Gasteiger partial charge in [-0.1, -0.05) is 31.3 Å². The summed E-state index contributed by atoms with van der Waals surface area (Å²) in [7, 11) is 1.53. The van der Waals surface area contributed by atoms with Crippen LogP contribution >= 0.6 is 11.3 Å². The van der Waals surface area contributed by atoms with Crippen LogP contribution in [0.15, 0.2) is 18.2 Å². The molecule has 1 heterocycles. The van der Waals surface area contributed by atoms with Crippen molar-refractivity contribution >= 4 is 11.3 Å². The van der Waals surface area contributed by atoms with Gasteiger partial charge in [-0.05, 0) is 25.1 Å². The van der Waals surface area contributed by atoms with Crippen LogP contribution in [0.1, 0.15) is 25.3 Å². The van der Waals surface area contributed by atoms with Crippen molar-refractivity contribution in [2.45, 2.75) is 32.7 Å². The lowest BCUT2D eigenvalue weighted by molar-refractivity contribution is 0.413. The van der Waals surface area contributed by atoms with E-state index in [4.69, 9.17) is 4.74 Å². The van der Waals surface area contributed by atoms with E-state index in [1.165, 1.54) is 24.5 Å². The maximum absolute atomic E-state index is 14.0. The number of rotatable bonds is 7. The molecule has 0 amide bonds. The van der Waals surface area contributed by atoms with Gasteiger partial charge in [-0.3, -0.25) is 0 Å². The Morgan fingerprint density at radius 3 is 2.86 bits per heavy atom. The minimum absolute atomic E-state index is 0.335. The highest BCUT2D eigenvalue weighted by Crippen LogP contribution is 2.34. The molecule has 21 heavy (non-hydrogen) atoms. The summed E-state index contributed by atoms with van der Waals surface area (Å²) in [5.74, 6) is 0.151. The van der Waals surface area contributed by atoms with E-state index < -0.39 is 0 Å². The van der Waals surface area contributed by atoms with Gasteiger partial charge in [0.05, 0.1) is 12.7 Å². The van der Waals surface area contributed by atoms with Crippen LogP contribution in [-0.4, -0.2) is 29.9 Å². The smallest absolute Gasteiger partial charge is 0.154 e. The summed E-state index contributed by atoms with van der Waals surface area (Å²) < 4.78 is 19.2. The van der Waals surface area contributed by atoms with Gasteiger partial charge in [0, 0.05) is 12.5 Å². The first-order valence-electron chi connectivity index (χ1n) is 7.00. The van der Waals surface area contributed by atoms with Crippen molar-refractivity contribution in [3.05, 3.63) is 29.0 Å². The van der Waals surface area contributed by atoms with Gasteiger partial charge < -0.3 is 10.1 Å². The van der Waals surface area contributed by atoms with Crippen LogP contribution in [0.4, 0.5) is 4.39 Å². The summed E-state index contributed by atoms with van der Waals surface area (Å²) in [6, 6.07) is 5.24. The molecule has 0 atom stereocenters. The van der Waals surface area contributed by atoms with Crippen molar-refractivity contribution in [3.63, 3.8) is 0 Å². The summed E-state index contributed by atoms with van der Waals surface area (Å²) >= 11 is 1.42. The lowest BCUT2D eigenvalue weighted by Gasteiger charge is -2.06. The maximum Gasteiger partial charge on any atom is 0.154 e. The number of aromatic nitrogens is 2. The highest BCUT2D eigenvalue weighted by molar-refractivity contribution is 7.14. The standard InChI is InChI=1S/C15H20FN3OS/c1-10(2)17-9-5-8-13-18-19-15(21-13)14-11(16)6-4-7-12(14)20-3/h4,6-7,10,17H,5,8-9H2,1-3H3. The van der Waals surface area contributed by atoms with Gasteiger partial charge in [0.2, 0.25) is 0 Å². The van der Waals surface area contributed by atoms with Crippen LogP contribution < -0.4 is 10.1 Å². The Morgan fingerprint density at radius 1 is 1.33 bits per heavy atom. The molecule has 0 spiro atoms. The fourth-order valence-electron chi connectivity index (χ4n) is 1.97. The predicted octanol–water partition coefficient (Wildman–Crippen LogP) is 3.28. The van der Waals surface area contributed by atoms with E-state index in [1.807, 2.05) is 0 Å². The number of aryl methyl sites for hydroxylation is 1. The van der Waals surface area contributed by atoms with Gasteiger partial charge >= 0.3 is 0 Å². The van der Waals surface area contributed by atoms with Crippen molar-refractivity contribution in [1.82, 2.24) is 15.5 Å². The first-order valence-corrected chi connectivity index (χ1v) is 7.82. The first-order chi connectivity index (χ1) is 10.1. The maximum atomic E-state index is 14.0. The van der Waals surface area contributed by atoms with E-state index in [2.05, 4.69) is 29.4 Å². The van der Waals surface area contributed by atoms with E-state index in [0.29, 0.717) is 22.4 Å². The zero-order valence-electron chi connectivity index (χ0n) is 12.5. The third-order valence-corrected chi connectivity index (χ3v) is 4.00. The molecule has 0 saturated heterocycles. The fraction of sp³-hybridized carbons (Fsp3) is 0.467. The van der Waals surface area contributed by atoms with Crippen molar-refractivity contribution < 1.29 is 9.13 Å². The van der Waals surface area contributed by atoms with E-state index in [9.17, 15) is 4.39 Å². The molecule has 1 aromatic heterocycles. The lowest BCUT2D eigenvalue weighted by Crippen LogP contribution is -2.23. The molecule has 114 valence electrons. The SMILES string of the molecule is COc1cccc(F)c1-c1nnc(CCCNC(C)C)s1. The quantitative estimate of drug-likeness (QED) is 0.797. The zero-order chi connectivity index (χ0) is 15.2. The van der Waals surface area contributed by atoms with Crippen LogP contribution in [0, 0.1) is 5.82 Å².